The van der Waals surface area contributed by atoms with Crippen LogP contribution in [0.1, 0.15) is 58.3 Å². The van der Waals surface area contributed by atoms with Crippen molar-refractivity contribution in [3.63, 3.8) is 0 Å². The van der Waals surface area contributed by atoms with E-state index in [1.165, 1.54) is 77.5 Å². The standard InChI is InChI=1S/C19H41N5.HI/c1-4-5-6-7-8-9-10-12-21-19(20-2)22-13-16-24-15-11-14-23(3)17-18-24;/h4-18H2,1-3H3,(H2,20,21,22);1H. The molecule has 0 aliphatic carbocycles. The summed E-state index contributed by atoms with van der Waals surface area (Å²) in [4.78, 5) is 9.31. The summed E-state index contributed by atoms with van der Waals surface area (Å²) < 4.78 is 0. The summed E-state index contributed by atoms with van der Waals surface area (Å²) in [6.45, 7) is 10.2. The number of guanidine groups is 1. The molecule has 0 atom stereocenters. The molecule has 6 heteroatoms. The third kappa shape index (κ3) is 13.7. The van der Waals surface area contributed by atoms with Crippen molar-refractivity contribution in [2.75, 3.05) is 59.9 Å². The fraction of sp³-hybridized carbons (Fsp3) is 0.947. The molecular weight excluding hydrogens is 425 g/mol. The SMILES string of the molecule is CCCCCCCCCNC(=NC)NCCN1CCCN(C)CC1.I. The lowest BCUT2D eigenvalue weighted by atomic mass is 10.1. The van der Waals surface area contributed by atoms with Crippen molar-refractivity contribution in [2.45, 2.75) is 58.3 Å². The van der Waals surface area contributed by atoms with Gasteiger partial charge in [0.05, 0.1) is 0 Å². The number of hydrogen-bond acceptors (Lipinski definition) is 3. The molecule has 0 aromatic rings. The molecule has 0 unspecified atom stereocenters. The fourth-order valence-corrected chi connectivity index (χ4v) is 3.17. The summed E-state index contributed by atoms with van der Waals surface area (Å²) in [6, 6.07) is 0. The molecular formula is C19H42IN5. The molecule has 2 N–H and O–H groups in total. The third-order valence-electron chi connectivity index (χ3n) is 4.83. The summed E-state index contributed by atoms with van der Waals surface area (Å²) in [5.74, 6) is 0.952. The molecule has 0 amide bonds. The number of nitrogens with one attached hydrogen (secondary N) is 2. The molecule has 5 nitrogen and oxygen atoms in total. The van der Waals surface area contributed by atoms with Gasteiger partial charge in [0.15, 0.2) is 5.96 Å². The van der Waals surface area contributed by atoms with E-state index in [4.69, 9.17) is 0 Å². The van der Waals surface area contributed by atoms with Crippen molar-refractivity contribution in [1.82, 2.24) is 20.4 Å². The first-order valence-electron chi connectivity index (χ1n) is 10.1. The molecule has 0 bridgehead atoms. The van der Waals surface area contributed by atoms with Crippen LogP contribution in [0, 0.1) is 0 Å². The Morgan fingerprint density at radius 3 is 2.28 bits per heavy atom. The molecule has 0 spiro atoms. The second-order valence-electron chi connectivity index (χ2n) is 7.05. The Labute approximate surface area is 173 Å². The molecule has 150 valence electrons. The average molecular weight is 467 g/mol. The number of rotatable bonds is 11. The number of nitrogens with zero attached hydrogens (tertiary/aromatic N) is 3. The molecule has 1 aliphatic rings. The van der Waals surface area contributed by atoms with Crippen molar-refractivity contribution >= 4 is 29.9 Å². The summed E-state index contributed by atoms with van der Waals surface area (Å²) in [7, 11) is 4.08. The minimum atomic E-state index is 0. The lowest BCUT2D eigenvalue weighted by Gasteiger charge is -2.21. The van der Waals surface area contributed by atoms with Gasteiger partial charge in [0.2, 0.25) is 0 Å². The molecule has 1 heterocycles. The highest BCUT2D eigenvalue weighted by Gasteiger charge is 2.11. The quantitative estimate of drug-likeness (QED) is 0.212. The van der Waals surface area contributed by atoms with Crippen LogP contribution in [0.25, 0.3) is 0 Å². The Balaban J connectivity index is 0.00000576. The van der Waals surface area contributed by atoms with Gasteiger partial charge in [0.25, 0.3) is 0 Å². The molecule has 1 saturated heterocycles. The molecule has 0 radical (unpaired) electrons. The van der Waals surface area contributed by atoms with Crippen LogP contribution in [0.3, 0.4) is 0 Å². The summed E-state index contributed by atoms with van der Waals surface area (Å²) >= 11 is 0. The number of aliphatic imine (C=N–C) groups is 1. The molecule has 1 aliphatic heterocycles. The zero-order chi connectivity index (χ0) is 17.5. The Kier molecular flexibility index (Phi) is 17.3. The van der Waals surface area contributed by atoms with Gasteiger partial charge in [-0.2, -0.15) is 0 Å². The lowest BCUT2D eigenvalue weighted by Crippen LogP contribution is -2.42. The zero-order valence-electron chi connectivity index (χ0n) is 16.9. The topological polar surface area (TPSA) is 42.9 Å². The maximum absolute atomic E-state index is 4.33. The maximum atomic E-state index is 4.33. The Morgan fingerprint density at radius 1 is 0.880 bits per heavy atom. The maximum Gasteiger partial charge on any atom is 0.191 e. The van der Waals surface area contributed by atoms with E-state index in [9.17, 15) is 0 Å². The van der Waals surface area contributed by atoms with Crippen LogP contribution in [-0.2, 0) is 0 Å². The van der Waals surface area contributed by atoms with E-state index in [-0.39, 0.29) is 24.0 Å². The second kappa shape index (κ2) is 17.3. The van der Waals surface area contributed by atoms with Gasteiger partial charge in [-0.05, 0) is 33.0 Å². The van der Waals surface area contributed by atoms with E-state index in [0.29, 0.717) is 0 Å². The monoisotopic (exact) mass is 467 g/mol. The van der Waals surface area contributed by atoms with Crippen LogP contribution in [-0.4, -0.2) is 75.7 Å². The molecule has 0 aromatic carbocycles. The molecule has 0 aromatic heterocycles. The van der Waals surface area contributed by atoms with E-state index < -0.39 is 0 Å². The number of likely N-dealkylation sites (N-methyl/N-ethyl adjacent to an activating group) is 1. The van der Waals surface area contributed by atoms with E-state index in [2.05, 4.69) is 39.4 Å². The first kappa shape index (κ1) is 24.9. The van der Waals surface area contributed by atoms with Gasteiger partial charge in [-0.1, -0.05) is 45.4 Å². The smallest absolute Gasteiger partial charge is 0.191 e. The van der Waals surface area contributed by atoms with E-state index in [1.807, 2.05) is 7.05 Å². The fourth-order valence-electron chi connectivity index (χ4n) is 3.17. The van der Waals surface area contributed by atoms with E-state index in [1.54, 1.807) is 0 Å². The predicted octanol–water partition coefficient (Wildman–Crippen LogP) is 3.16. The van der Waals surface area contributed by atoms with Crippen molar-refractivity contribution in [3.05, 3.63) is 0 Å². The summed E-state index contributed by atoms with van der Waals surface area (Å²) in [5.41, 5.74) is 0. The van der Waals surface area contributed by atoms with Crippen LogP contribution >= 0.6 is 24.0 Å². The highest BCUT2D eigenvalue weighted by Crippen LogP contribution is 2.06. The summed E-state index contributed by atoms with van der Waals surface area (Å²) in [5, 5.41) is 6.89. The molecule has 0 saturated carbocycles. The molecule has 1 rings (SSSR count). The first-order valence-corrected chi connectivity index (χ1v) is 10.1. The zero-order valence-corrected chi connectivity index (χ0v) is 19.2. The number of hydrogen-bond donors (Lipinski definition) is 2. The van der Waals surface area contributed by atoms with Gasteiger partial charge < -0.3 is 20.4 Å². The van der Waals surface area contributed by atoms with Crippen LogP contribution in [0.15, 0.2) is 4.99 Å². The minimum Gasteiger partial charge on any atom is -0.356 e. The van der Waals surface area contributed by atoms with E-state index >= 15 is 0 Å². The summed E-state index contributed by atoms with van der Waals surface area (Å²) in [6.07, 6.45) is 10.7. The minimum absolute atomic E-state index is 0. The van der Waals surface area contributed by atoms with Crippen LogP contribution in [0.2, 0.25) is 0 Å². The first-order chi connectivity index (χ1) is 11.8. The van der Waals surface area contributed by atoms with E-state index in [0.717, 1.165) is 25.6 Å². The normalized spacial score (nSPS) is 17.0. The second-order valence-corrected chi connectivity index (χ2v) is 7.05. The van der Waals surface area contributed by atoms with Gasteiger partial charge in [-0.3, -0.25) is 4.99 Å². The van der Waals surface area contributed by atoms with Gasteiger partial charge in [-0.15, -0.1) is 24.0 Å². The van der Waals surface area contributed by atoms with Crippen molar-refractivity contribution in [1.29, 1.82) is 0 Å². The Bertz CT molecular complexity index is 325. The Morgan fingerprint density at radius 2 is 1.56 bits per heavy atom. The largest absolute Gasteiger partial charge is 0.356 e. The predicted molar refractivity (Wildman–Crippen MR) is 121 cm³/mol. The van der Waals surface area contributed by atoms with Gasteiger partial charge in [0.1, 0.15) is 0 Å². The third-order valence-corrected chi connectivity index (χ3v) is 4.83. The number of halogens is 1. The van der Waals surface area contributed by atoms with Gasteiger partial charge >= 0.3 is 0 Å². The number of unbranched alkanes of at least 4 members (excludes halogenated alkanes) is 6. The van der Waals surface area contributed by atoms with Gasteiger partial charge in [0, 0.05) is 39.8 Å². The van der Waals surface area contributed by atoms with Crippen LogP contribution in [0.5, 0.6) is 0 Å². The van der Waals surface area contributed by atoms with Crippen molar-refractivity contribution in [2.24, 2.45) is 4.99 Å². The molecule has 1 fully saturated rings. The highest BCUT2D eigenvalue weighted by atomic mass is 127. The Hall–Kier alpha value is -0.0800. The van der Waals surface area contributed by atoms with Crippen molar-refractivity contribution in [3.8, 4) is 0 Å². The van der Waals surface area contributed by atoms with Crippen molar-refractivity contribution < 1.29 is 0 Å². The van der Waals surface area contributed by atoms with Crippen LogP contribution < -0.4 is 10.6 Å². The highest BCUT2D eigenvalue weighted by molar-refractivity contribution is 14.0. The average Bonchev–Trinajstić information content (AvgIpc) is 2.80. The lowest BCUT2D eigenvalue weighted by molar-refractivity contribution is 0.280. The van der Waals surface area contributed by atoms with Crippen LogP contribution in [0.4, 0.5) is 0 Å². The molecule has 25 heavy (non-hydrogen) atoms. The van der Waals surface area contributed by atoms with Gasteiger partial charge in [-0.25, -0.2) is 0 Å².